The van der Waals surface area contributed by atoms with Crippen molar-refractivity contribution in [3.8, 4) is 22.8 Å². The SMILES string of the molecule is Cc1cc([C@@H](C)Nc2ccc(F)cc2C(F)(F)F)c2cc(-c3cnc(-c4cnc(C)c(=O)n4C)nc3)n(C)c(=O)c2c1. The molecule has 0 aliphatic carbocycles. The topological polar surface area (TPSA) is 94.7 Å². The summed E-state index contributed by atoms with van der Waals surface area (Å²) < 4.78 is 57.5. The Morgan fingerprint density at radius 3 is 2.17 bits per heavy atom. The summed E-state index contributed by atoms with van der Waals surface area (Å²) >= 11 is 0. The van der Waals surface area contributed by atoms with E-state index in [9.17, 15) is 27.2 Å². The number of benzene rings is 2. The van der Waals surface area contributed by atoms with Crippen LogP contribution in [-0.4, -0.2) is 24.1 Å². The average molecular weight is 579 g/mol. The van der Waals surface area contributed by atoms with E-state index in [-0.39, 0.29) is 22.6 Å². The molecule has 0 spiro atoms. The molecule has 2 aromatic carbocycles. The van der Waals surface area contributed by atoms with E-state index in [1.807, 2.05) is 0 Å². The van der Waals surface area contributed by atoms with Crippen LogP contribution in [0.2, 0.25) is 0 Å². The molecule has 0 fully saturated rings. The fraction of sp³-hybridized carbons (Fsp3) is 0.233. The number of hydrogen-bond acceptors (Lipinski definition) is 6. The Labute approximate surface area is 237 Å². The van der Waals surface area contributed by atoms with Crippen LogP contribution >= 0.6 is 0 Å². The average Bonchev–Trinajstić information content (AvgIpc) is 2.94. The molecule has 0 saturated carbocycles. The summed E-state index contributed by atoms with van der Waals surface area (Å²) in [6.45, 7) is 5.08. The minimum absolute atomic E-state index is 0.269. The number of rotatable bonds is 5. The molecule has 3 aromatic heterocycles. The minimum atomic E-state index is -4.77. The Kier molecular flexibility index (Phi) is 7.17. The maximum Gasteiger partial charge on any atom is 0.418 e. The van der Waals surface area contributed by atoms with E-state index in [1.54, 1.807) is 53.1 Å². The Morgan fingerprint density at radius 2 is 1.50 bits per heavy atom. The number of aromatic nitrogens is 5. The smallest absolute Gasteiger partial charge is 0.378 e. The zero-order valence-electron chi connectivity index (χ0n) is 23.3. The third-order valence-electron chi connectivity index (χ3n) is 7.19. The van der Waals surface area contributed by atoms with Crippen molar-refractivity contribution in [3.63, 3.8) is 0 Å². The van der Waals surface area contributed by atoms with Gasteiger partial charge in [-0.1, -0.05) is 6.07 Å². The van der Waals surface area contributed by atoms with Crippen molar-refractivity contribution in [2.75, 3.05) is 5.32 Å². The molecule has 0 aliphatic heterocycles. The number of alkyl halides is 3. The predicted octanol–water partition coefficient (Wildman–Crippen LogP) is 5.70. The lowest BCUT2D eigenvalue weighted by Gasteiger charge is -2.22. The van der Waals surface area contributed by atoms with Crippen molar-refractivity contribution >= 4 is 16.5 Å². The molecule has 5 aromatic rings. The molecule has 1 atom stereocenters. The lowest BCUT2D eigenvalue weighted by atomic mass is 9.96. The quantitative estimate of drug-likeness (QED) is 0.269. The van der Waals surface area contributed by atoms with E-state index in [0.29, 0.717) is 45.0 Å². The number of hydrogen-bond donors (Lipinski definition) is 1. The van der Waals surface area contributed by atoms with Gasteiger partial charge in [0, 0.05) is 49.2 Å². The van der Waals surface area contributed by atoms with Crippen LogP contribution in [0.4, 0.5) is 23.2 Å². The molecule has 0 unspecified atom stereocenters. The zero-order chi connectivity index (χ0) is 30.5. The first-order valence-corrected chi connectivity index (χ1v) is 12.9. The summed E-state index contributed by atoms with van der Waals surface area (Å²) in [6.07, 6.45) is -0.214. The van der Waals surface area contributed by atoms with Crippen LogP contribution in [0.25, 0.3) is 33.5 Å². The molecule has 0 amide bonds. The van der Waals surface area contributed by atoms with Crippen LogP contribution in [0.1, 0.15) is 35.3 Å². The molecule has 216 valence electrons. The Balaban J connectivity index is 1.60. The first-order valence-electron chi connectivity index (χ1n) is 12.9. The van der Waals surface area contributed by atoms with Gasteiger partial charge in [0.25, 0.3) is 11.1 Å². The lowest BCUT2D eigenvalue weighted by Crippen LogP contribution is -2.22. The monoisotopic (exact) mass is 578 g/mol. The maximum atomic E-state index is 13.7. The number of halogens is 4. The van der Waals surface area contributed by atoms with Gasteiger partial charge in [0.1, 0.15) is 17.2 Å². The predicted molar refractivity (Wildman–Crippen MR) is 152 cm³/mol. The van der Waals surface area contributed by atoms with Crippen LogP contribution in [0.5, 0.6) is 0 Å². The van der Waals surface area contributed by atoms with Gasteiger partial charge in [-0.15, -0.1) is 0 Å². The van der Waals surface area contributed by atoms with Gasteiger partial charge >= 0.3 is 6.18 Å². The van der Waals surface area contributed by atoms with Crippen molar-refractivity contribution in [1.82, 2.24) is 24.1 Å². The molecule has 0 bridgehead atoms. The molecule has 42 heavy (non-hydrogen) atoms. The highest BCUT2D eigenvalue weighted by atomic mass is 19.4. The third kappa shape index (κ3) is 5.15. The van der Waals surface area contributed by atoms with Crippen molar-refractivity contribution in [1.29, 1.82) is 0 Å². The molecule has 5 rings (SSSR count). The van der Waals surface area contributed by atoms with Gasteiger partial charge in [0.05, 0.1) is 17.5 Å². The van der Waals surface area contributed by atoms with E-state index in [4.69, 9.17) is 0 Å². The fourth-order valence-corrected chi connectivity index (χ4v) is 4.96. The number of fused-ring (bicyclic) bond motifs is 1. The van der Waals surface area contributed by atoms with Crippen LogP contribution in [-0.2, 0) is 20.3 Å². The molecule has 0 aliphatic rings. The normalized spacial score (nSPS) is 12.5. The molecular formula is C30H26F4N6O2. The number of anilines is 1. The highest BCUT2D eigenvalue weighted by molar-refractivity contribution is 5.89. The maximum absolute atomic E-state index is 13.7. The number of nitrogens with one attached hydrogen (secondary N) is 1. The first kappa shape index (κ1) is 28.7. The fourth-order valence-electron chi connectivity index (χ4n) is 4.96. The van der Waals surface area contributed by atoms with Gasteiger partial charge < -0.3 is 14.5 Å². The largest absolute Gasteiger partial charge is 0.418 e. The van der Waals surface area contributed by atoms with E-state index in [0.717, 1.165) is 17.7 Å². The van der Waals surface area contributed by atoms with E-state index in [1.165, 1.54) is 27.7 Å². The number of nitrogens with zero attached hydrogens (tertiary/aromatic N) is 5. The van der Waals surface area contributed by atoms with Gasteiger partial charge in [-0.2, -0.15) is 13.2 Å². The molecular weight excluding hydrogens is 552 g/mol. The summed E-state index contributed by atoms with van der Waals surface area (Å²) in [5.41, 5.74) is 1.09. The second-order valence-corrected chi connectivity index (χ2v) is 10.2. The summed E-state index contributed by atoms with van der Waals surface area (Å²) in [6, 6.07) is 7.06. The molecule has 12 heteroatoms. The molecule has 3 heterocycles. The summed E-state index contributed by atoms with van der Waals surface area (Å²) in [4.78, 5) is 38.7. The highest BCUT2D eigenvalue weighted by Gasteiger charge is 2.34. The zero-order valence-corrected chi connectivity index (χ0v) is 23.3. The highest BCUT2D eigenvalue weighted by Crippen LogP contribution is 2.38. The first-order chi connectivity index (χ1) is 19.8. The molecule has 0 saturated heterocycles. The van der Waals surface area contributed by atoms with Gasteiger partial charge in [0.15, 0.2) is 5.82 Å². The summed E-state index contributed by atoms with van der Waals surface area (Å²) in [7, 11) is 3.20. The van der Waals surface area contributed by atoms with Gasteiger partial charge in [-0.05, 0) is 67.6 Å². The van der Waals surface area contributed by atoms with Crippen LogP contribution in [0.15, 0.2) is 64.6 Å². The number of pyridine rings is 1. The molecule has 8 nitrogen and oxygen atoms in total. The summed E-state index contributed by atoms with van der Waals surface area (Å²) in [5.74, 6) is -0.727. The second kappa shape index (κ2) is 10.5. The minimum Gasteiger partial charge on any atom is -0.378 e. The van der Waals surface area contributed by atoms with Crippen LogP contribution < -0.4 is 16.4 Å². The lowest BCUT2D eigenvalue weighted by molar-refractivity contribution is -0.137. The van der Waals surface area contributed by atoms with Crippen LogP contribution in [0.3, 0.4) is 0 Å². The van der Waals surface area contributed by atoms with E-state index >= 15 is 0 Å². The van der Waals surface area contributed by atoms with Crippen molar-refractivity contribution in [2.45, 2.75) is 33.0 Å². The molecule has 1 N–H and O–H groups in total. The van der Waals surface area contributed by atoms with E-state index in [2.05, 4.69) is 20.3 Å². The Bertz CT molecular complexity index is 1960. The van der Waals surface area contributed by atoms with Crippen molar-refractivity contribution in [3.05, 3.63) is 104 Å². The molecule has 0 radical (unpaired) electrons. The van der Waals surface area contributed by atoms with Gasteiger partial charge in [-0.25, -0.2) is 14.4 Å². The van der Waals surface area contributed by atoms with Crippen LogP contribution in [0, 0.1) is 19.7 Å². The van der Waals surface area contributed by atoms with E-state index < -0.39 is 23.6 Å². The van der Waals surface area contributed by atoms with Crippen molar-refractivity contribution in [2.24, 2.45) is 14.1 Å². The Morgan fingerprint density at radius 1 is 0.833 bits per heavy atom. The standard InChI is InChI=1S/C30H26F4N6O2/c1-15-8-20(16(2)38-24-7-6-19(31)10-23(24)30(32,33)34)21-11-25(39(4)29(42)22(21)9-15)18-12-36-27(37-13-18)26-14-35-17(3)28(41)40(26)5/h6-14,16,38H,1-5H3/t16-/m1/s1. The van der Waals surface area contributed by atoms with Gasteiger partial charge in [-0.3, -0.25) is 14.6 Å². The second-order valence-electron chi connectivity index (χ2n) is 10.2. The number of aryl methyl sites for hydroxylation is 2. The summed E-state index contributed by atoms with van der Waals surface area (Å²) in [5, 5.41) is 3.78. The van der Waals surface area contributed by atoms with Gasteiger partial charge in [0.2, 0.25) is 0 Å². The third-order valence-corrected chi connectivity index (χ3v) is 7.19. The Hall–Kier alpha value is -4.87. The van der Waals surface area contributed by atoms with Crippen molar-refractivity contribution < 1.29 is 17.6 Å².